The van der Waals surface area contributed by atoms with Crippen molar-refractivity contribution < 1.29 is 4.42 Å². The molecule has 0 saturated carbocycles. The van der Waals surface area contributed by atoms with E-state index < -0.39 is 0 Å². The molecule has 0 amide bonds. The standard InChI is InChI=1S/C15H19NO/c1-3-9-16-15(14-8-10-17-11-14)13-6-4-12(2)5-7-13/h4-8,10-11,15-16H,3,9H2,1-2H3. The van der Waals surface area contributed by atoms with Crippen molar-refractivity contribution in [3.8, 4) is 0 Å². The second kappa shape index (κ2) is 5.69. The van der Waals surface area contributed by atoms with Gasteiger partial charge in [0.1, 0.15) is 0 Å². The average molecular weight is 229 g/mol. The zero-order valence-electron chi connectivity index (χ0n) is 10.4. The predicted octanol–water partition coefficient (Wildman–Crippen LogP) is 3.68. The topological polar surface area (TPSA) is 25.2 Å². The maximum atomic E-state index is 5.18. The molecule has 0 saturated heterocycles. The molecule has 0 aliphatic rings. The van der Waals surface area contributed by atoms with Crippen molar-refractivity contribution in [2.45, 2.75) is 26.3 Å². The van der Waals surface area contributed by atoms with Gasteiger partial charge >= 0.3 is 0 Å². The molecule has 1 atom stereocenters. The molecule has 1 aromatic carbocycles. The largest absolute Gasteiger partial charge is 0.472 e. The molecule has 90 valence electrons. The van der Waals surface area contributed by atoms with Gasteiger partial charge in [0.25, 0.3) is 0 Å². The number of benzene rings is 1. The molecule has 0 aliphatic heterocycles. The van der Waals surface area contributed by atoms with Crippen molar-refractivity contribution in [2.75, 3.05) is 6.54 Å². The van der Waals surface area contributed by atoms with Gasteiger partial charge in [0.15, 0.2) is 0 Å². The molecule has 2 aromatic rings. The van der Waals surface area contributed by atoms with Crippen molar-refractivity contribution in [1.82, 2.24) is 5.32 Å². The minimum Gasteiger partial charge on any atom is -0.472 e. The van der Waals surface area contributed by atoms with Crippen molar-refractivity contribution in [3.63, 3.8) is 0 Å². The predicted molar refractivity (Wildman–Crippen MR) is 70.0 cm³/mol. The molecule has 17 heavy (non-hydrogen) atoms. The minimum atomic E-state index is 0.231. The summed E-state index contributed by atoms with van der Waals surface area (Å²) in [6.45, 7) is 5.29. The fourth-order valence-corrected chi connectivity index (χ4v) is 1.91. The zero-order valence-corrected chi connectivity index (χ0v) is 10.4. The fourth-order valence-electron chi connectivity index (χ4n) is 1.91. The van der Waals surface area contributed by atoms with Crippen LogP contribution in [-0.2, 0) is 0 Å². The molecule has 0 radical (unpaired) electrons. The quantitative estimate of drug-likeness (QED) is 0.846. The summed E-state index contributed by atoms with van der Waals surface area (Å²) >= 11 is 0. The van der Waals surface area contributed by atoms with E-state index in [1.54, 1.807) is 6.26 Å². The highest BCUT2D eigenvalue weighted by Gasteiger charge is 2.13. The Balaban J connectivity index is 2.23. The summed E-state index contributed by atoms with van der Waals surface area (Å²) < 4.78 is 5.18. The number of hydrogen-bond acceptors (Lipinski definition) is 2. The van der Waals surface area contributed by atoms with Gasteiger partial charge < -0.3 is 9.73 Å². The van der Waals surface area contributed by atoms with Crippen LogP contribution in [0.5, 0.6) is 0 Å². The molecular weight excluding hydrogens is 210 g/mol. The maximum Gasteiger partial charge on any atom is 0.0953 e. The molecule has 2 nitrogen and oxygen atoms in total. The lowest BCUT2D eigenvalue weighted by atomic mass is 10.00. The van der Waals surface area contributed by atoms with E-state index >= 15 is 0 Å². The monoisotopic (exact) mass is 229 g/mol. The number of nitrogens with one attached hydrogen (secondary N) is 1. The van der Waals surface area contributed by atoms with Gasteiger partial charge in [-0.3, -0.25) is 0 Å². The Bertz CT molecular complexity index is 430. The molecule has 1 unspecified atom stereocenters. The Morgan fingerprint density at radius 1 is 1.12 bits per heavy atom. The molecule has 2 heteroatoms. The Kier molecular flexibility index (Phi) is 3.99. The first-order valence-corrected chi connectivity index (χ1v) is 6.13. The van der Waals surface area contributed by atoms with E-state index in [-0.39, 0.29) is 6.04 Å². The minimum absolute atomic E-state index is 0.231. The number of hydrogen-bond donors (Lipinski definition) is 1. The highest BCUT2D eigenvalue weighted by molar-refractivity contribution is 5.31. The van der Waals surface area contributed by atoms with Crippen LogP contribution in [0.25, 0.3) is 0 Å². The van der Waals surface area contributed by atoms with E-state index in [0.29, 0.717) is 0 Å². The second-order valence-corrected chi connectivity index (χ2v) is 4.35. The Morgan fingerprint density at radius 3 is 2.47 bits per heavy atom. The van der Waals surface area contributed by atoms with E-state index in [4.69, 9.17) is 4.42 Å². The maximum absolute atomic E-state index is 5.18. The Hall–Kier alpha value is -1.54. The lowest BCUT2D eigenvalue weighted by Gasteiger charge is -2.17. The van der Waals surface area contributed by atoms with Crippen LogP contribution in [0.3, 0.4) is 0 Å². The third kappa shape index (κ3) is 2.98. The van der Waals surface area contributed by atoms with Crippen LogP contribution < -0.4 is 5.32 Å². The zero-order chi connectivity index (χ0) is 12.1. The van der Waals surface area contributed by atoms with Crippen molar-refractivity contribution in [1.29, 1.82) is 0 Å². The van der Waals surface area contributed by atoms with Crippen LogP contribution in [-0.4, -0.2) is 6.54 Å². The number of furan rings is 1. The molecule has 0 bridgehead atoms. The first kappa shape index (κ1) is 11.9. The number of rotatable bonds is 5. The molecule has 1 aromatic heterocycles. The normalized spacial score (nSPS) is 12.6. The molecule has 1 N–H and O–H groups in total. The van der Waals surface area contributed by atoms with Crippen LogP contribution in [0, 0.1) is 6.92 Å². The van der Waals surface area contributed by atoms with Gasteiger partial charge in [0, 0.05) is 5.56 Å². The SMILES string of the molecule is CCCNC(c1ccc(C)cc1)c1ccoc1. The molecule has 2 rings (SSSR count). The highest BCUT2D eigenvalue weighted by Crippen LogP contribution is 2.22. The molecule has 1 heterocycles. The first-order valence-electron chi connectivity index (χ1n) is 6.13. The summed E-state index contributed by atoms with van der Waals surface area (Å²) in [5.41, 5.74) is 3.75. The summed E-state index contributed by atoms with van der Waals surface area (Å²) in [6.07, 6.45) is 4.66. The van der Waals surface area contributed by atoms with E-state index in [0.717, 1.165) is 13.0 Å². The summed E-state index contributed by atoms with van der Waals surface area (Å²) in [5, 5.41) is 3.55. The third-order valence-corrected chi connectivity index (χ3v) is 2.89. The first-order chi connectivity index (χ1) is 8.31. The lowest BCUT2D eigenvalue weighted by Crippen LogP contribution is -2.22. The van der Waals surface area contributed by atoms with Gasteiger partial charge in [-0.25, -0.2) is 0 Å². The molecular formula is C15H19NO. The van der Waals surface area contributed by atoms with Gasteiger partial charge in [-0.15, -0.1) is 0 Å². The van der Waals surface area contributed by atoms with E-state index in [1.807, 2.05) is 12.3 Å². The Morgan fingerprint density at radius 2 is 1.88 bits per heavy atom. The summed E-state index contributed by atoms with van der Waals surface area (Å²) in [6, 6.07) is 10.9. The summed E-state index contributed by atoms with van der Waals surface area (Å²) in [4.78, 5) is 0. The van der Waals surface area contributed by atoms with Gasteiger partial charge in [-0.1, -0.05) is 36.8 Å². The fraction of sp³-hybridized carbons (Fsp3) is 0.333. The van der Waals surface area contributed by atoms with Crippen molar-refractivity contribution >= 4 is 0 Å². The van der Waals surface area contributed by atoms with E-state index in [1.165, 1.54) is 16.7 Å². The van der Waals surface area contributed by atoms with E-state index in [2.05, 4.69) is 43.4 Å². The lowest BCUT2D eigenvalue weighted by molar-refractivity contribution is 0.548. The van der Waals surface area contributed by atoms with Crippen LogP contribution in [0.15, 0.2) is 47.3 Å². The van der Waals surface area contributed by atoms with Crippen molar-refractivity contribution in [2.24, 2.45) is 0 Å². The van der Waals surface area contributed by atoms with Crippen LogP contribution in [0.4, 0.5) is 0 Å². The summed E-state index contributed by atoms with van der Waals surface area (Å²) in [5.74, 6) is 0. The van der Waals surface area contributed by atoms with Crippen LogP contribution in [0.1, 0.15) is 36.1 Å². The average Bonchev–Trinajstić information content (AvgIpc) is 2.85. The van der Waals surface area contributed by atoms with Crippen LogP contribution >= 0.6 is 0 Å². The smallest absolute Gasteiger partial charge is 0.0953 e. The second-order valence-electron chi connectivity index (χ2n) is 4.35. The Labute approximate surface area is 103 Å². The van der Waals surface area contributed by atoms with Gasteiger partial charge in [0.2, 0.25) is 0 Å². The molecule has 0 spiro atoms. The van der Waals surface area contributed by atoms with E-state index in [9.17, 15) is 0 Å². The van der Waals surface area contributed by atoms with Gasteiger partial charge in [0.05, 0.1) is 18.6 Å². The third-order valence-electron chi connectivity index (χ3n) is 2.89. The van der Waals surface area contributed by atoms with Gasteiger partial charge in [-0.05, 0) is 31.5 Å². The van der Waals surface area contributed by atoms with Crippen molar-refractivity contribution in [3.05, 3.63) is 59.5 Å². The molecule has 0 fully saturated rings. The van der Waals surface area contributed by atoms with Crippen LogP contribution in [0.2, 0.25) is 0 Å². The number of aryl methyl sites for hydroxylation is 1. The van der Waals surface area contributed by atoms with Gasteiger partial charge in [-0.2, -0.15) is 0 Å². The summed E-state index contributed by atoms with van der Waals surface area (Å²) in [7, 11) is 0. The molecule has 0 aliphatic carbocycles. The highest BCUT2D eigenvalue weighted by atomic mass is 16.3.